The molecule has 0 spiro atoms. The average Bonchev–Trinajstić information content (AvgIpc) is 3.35. The lowest BCUT2D eigenvalue weighted by molar-refractivity contribution is 0.0948. The highest BCUT2D eigenvalue weighted by molar-refractivity contribution is 7.98. The van der Waals surface area contributed by atoms with Crippen LogP contribution in [-0.4, -0.2) is 53.5 Å². The number of hydrogen-bond donors (Lipinski definition) is 1. The fourth-order valence-electron chi connectivity index (χ4n) is 3.68. The third kappa shape index (κ3) is 5.89. The number of amides is 1. The number of benzene rings is 1. The Morgan fingerprint density at radius 1 is 1.12 bits per heavy atom. The lowest BCUT2D eigenvalue weighted by Gasteiger charge is -2.34. The number of aromatic nitrogens is 2. The Labute approximate surface area is 193 Å². The minimum Gasteiger partial charge on any atom is -0.467 e. The molecule has 32 heavy (non-hydrogen) atoms. The summed E-state index contributed by atoms with van der Waals surface area (Å²) in [4.78, 5) is 26.7. The minimum atomic E-state index is -0.117. The summed E-state index contributed by atoms with van der Waals surface area (Å²) in [6.45, 7) is 9.80. The fourth-order valence-corrected chi connectivity index (χ4v) is 4.52. The van der Waals surface area contributed by atoms with Crippen LogP contribution in [0.4, 0.5) is 5.82 Å². The van der Waals surface area contributed by atoms with Crippen molar-refractivity contribution in [2.24, 2.45) is 0 Å². The number of carbonyl (C=O) groups excluding carboxylic acids is 1. The lowest BCUT2D eigenvalue weighted by atomic mass is 10.1. The molecule has 1 N–H and O–H groups in total. The van der Waals surface area contributed by atoms with Crippen molar-refractivity contribution in [3.8, 4) is 0 Å². The van der Waals surface area contributed by atoms with E-state index in [1.54, 1.807) is 18.0 Å². The van der Waals surface area contributed by atoms with Gasteiger partial charge in [0.1, 0.15) is 11.6 Å². The van der Waals surface area contributed by atoms with Crippen LogP contribution in [0.15, 0.2) is 58.3 Å². The Morgan fingerprint density at radius 3 is 2.72 bits per heavy atom. The summed E-state index contributed by atoms with van der Waals surface area (Å²) >= 11 is 1.60. The summed E-state index contributed by atoms with van der Waals surface area (Å²) in [6.07, 6.45) is 1.60. The van der Waals surface area contributed by atoms with Crippen LogP contribution in [0, 0.1) is 6.92 Å². The standard InChI is InChI=1S/C24H29N5O2S/c1-3-28-9-11-29(12-10-28)22-14-18(2)26-24(27-22)32-17-19-6-4-7-20(15-19)23(30)25-16-21-8-5-13-31-21/h4-8,13-15H,3,9-12,16-17H2,1-2H3,(H,25,30). The molecule has 1 fully saturated rings. The van der Waals surface area contributed by atoms with Gasteiger partial charge in [-0.2, -0.15) is 0 Å². The summed E-state index contributed by atoms with van der Waals surface area (Å²) in [5.41, 5.74) is 2.67. The molecule has 0 atom stereocenters. The molecular formula is C24H29N5O2S. The van der Waals surface area contributed by atoms with Crippen LogP contribution in [-0.2, 0) is 12.3 Å². The van der Waals surface area contributed by atoms with Crippen LogP contribution in [0.5, 0.6) is 0 Å². The largest absolute Gasteiger partial charge is 0.467 e. The van der Waals surface area contributed by atoms with Crippen molar-refractivity contribution in [1.29, 1.82) is 0 Å². The van der Waals surface area contributed by atoms with Gasteiger partial charge in [-0.1, -0.05) is 30.8 Å². The van der Waals surface area contributed by atoms with Gasteiger partial charge in [-0.15, -0.1) is 0 Å². The van der Waals surface area contributed by atoms with E-state index in [-0.39, 0.29) is 5.91 Å². The van der Waals surface area contributed by atoms with E-state index < -0.39 is 0 Å². The maximum atomic E-state index is 12.5. The van der Waals surface area contributed by atoms with Crippen molar-refractivity contribution in [3.63, 3.8) is 0 Å². The highest BCUT2D eigenvalue weighted by Gasteiger charge is 2.18. The predicted octanol–water partition coefficient (Wildman–Crippen LogP) is 3.74. The first-order valence-electron chi connectivity index (χ1n) is 11.0. The monoisotopic (exact) mass is 451 g/mol. The van der Waals surface area contributed by atoms with Crippen molar-refractivity contribution in [1.82, 2.24) is 20.2 Å². The Bertz CT molecular complexity index is 1030. The number of nitrogens with one attached hydrogen (secondary N) is 1. The number of hydrogen-bond acceptors (Lipinski definition) is 7. The molecule has 0 aliphatic carbocycles. The van der Waals surface area contributed by atoms with Crippen molar-refractivity contribution < 1.29 is 9.21 Å². The van der Waals surface area contributed by atoms with Crippen LogP contribution < -0.4 is 10.2 Å². The zero-order valence-corrected chi connectivity index (χ0v) is 19.4. The molecule has 3 heterocycles. The van der Waals surface area contributed by atoms with Gasteiger partial charge in [0.05, 0.1) is 12.8 Å². The first-order valence-corrected chi connectivity index (χ1v) is 11.9. The van der Waals surface area contributed by atoms with Crippen molar-refractivity contribution in [2.75, 3.05) is 37.6 Å². The van der Waals surface area contributed by atoms with Crippen molar-refractivity contribution >= 4 is 23.5 Å². The number of likely N-dealkylation sites (N-methyl/N-ethyl adjacent to an activating group) is 1. The van der Waals surface area contributed by atoms with E-state index in [0.29, 0.717) is 17.9 Å². The van der Waals surface area contributed by atoms with Gasteiger partial charge in [0, 0.05) is 49.3 Å². The quantitative estimate of drug-likeness (QED) is 0.413. The van der Waals surface area contributed by atoms with Gasteiger partial charge < -0.3 is 19.5 Å². The molecule has 0 bridgehead atoms. The maximum Gasteiger partial charge on any atom is 0.251 e. The number of piperazine rings is 1. The van der Waals surface area contributed by atoms with Gasteiger partial charge in [0.2, 0.25) is 0 Å². The van der Waals surface area contributed by atoms with Gasteiger partial charge in [0.25, 0.3) is 5.91 Å². The summed E-state index contributed by atoms with van der Waals surface area (Å²) in [7, 11) is 0. The summed E-state index contributed by atoms with van der Waals surface area (Å²) in [5.74, 6) is 2.31. The molecule has 1 saturated heterocycles. The Morgan fingerprint density at radius 2 is 1.97 bits per heavy atom. The molecule has 0 radical (unpaired) electrons. The second-order valence-corrected chi connectivity index (χ2v) is 8.77. The molecule has 3 aromatic rings. The predicted molar refractivity (Wildman–Crippen MR) is 127 cm³/mol. The number of aryl methyl sites for hydroxylation is 1. The molecule has 1 amide bonds. The molecule has 1 aromatic carbocycles. The summed E-state index contributed by atoms with van der Waals surface area (Å²) in [5, 5.41) is 3.66. The molecule has 4 rings (SSSR count). The van der Waals surface area contributed by atoms with Crippen molar-refractivity contribution in [2.45, 2.75) is 31.3 Å². The molecule has 168 valence electrons. The minimum absolute atomic E-state index is 0.117. The Balaban J connectivity index is 1.36. The third-order valence-corrected chi connectivity index (χ3v) is 6.44. The topological polar surface area (TPSA) is 74.5 Å². The van der Waals surface area contributed by atoms with E-state index in [1.165, 1.54) is 0 Å². The first-order chi connectivity index (χ1) is 15.6. The Kier molecular flexibility index (Phi) is 7.44. The number of nitrogens with zero attached hydrogens (tertiary/aromatic N) is 4. The van der Waals surface area contributed by atoms with Gasteiger partial charge in [0.15, 0.2) is 5.16 Å². The molecule has 7 nitrogen and oxygen atoms in total. The number of anilines is 1. The van der Waals surface area contributed by atoms with Gasteiger partial charge in [-0.05, 0) is 43.3 Å². The normalized spacial score (nSPS) is 14.5. The van der Waals surface area contributed by atoms with Gasteiger partial charge in [-0.25, -0.2) is 9.97 Å². The van der Waals surface area contributed by atoms with Gasteiger partial charge >= 0.3 is 0 Å². The third-order valence-electron chi connectivity index (χ3n) is 5.52. The van der Waals surface area contributed by atoms with Crippen LogP contribution in [0.1, 0.15) is 34.3 Å². The van der Waals surface area contributed by atoms with E-state index in [4.69, 9.17) is 9.40 Å². The second-order valence-electron chi connectivity index (χ2n) is 7.82. The molecule has 0 unspecified atom stereocenters. The Hall–Kier alpha value is -2.84. The van der Waals surface area contributed by atoms with E-state index in [9.17, 15) is 4.79 Å². The van der Waals surface area contributed by atoms with E-state index in [1.807, 2.05) is 43.3 Å². The number of rotatable bonds is 8. The van der Waals surface area contributed by atoms with E-state index >= 15 is 0 Å². The lowest BCUT2D eigenvalue weighted by Crippen LogP contribution is -2.46. The molecule has 8 heteroatoms. The fraction of sp³-hybridized carbons (Fsp3) is 0.375. The van der Waals surface area contributed by atoms with Gasteiger partial charge in [-0.3, -0.25) is 4.79 Å². The molecule has 1 aliphatic rings. The van der Waals surface area contributed by atoms with Crippen LogP contribution in [0.25, 0.3) is 0 Å². The zero-order valence-electron chi connectivity index (χ0n) is 18.6. The van der Waals surface area contributed by atoms with E-state index in [2.05, 4.69) is 33.1 Å². The summed E-state index contributed by atoms with van der Waals surface area (Å²) < 4.78 is 5.27. The molecule has 1 aliphatic heterocycles. The molecule has 0 saturated carbocycles. The highest BCUT2D eigenvalue weighted by Crippen LogP contribution is 2.24. The first kappa shape index (κ1) is 22.4. The smallest absolute Gasteiger partial charge is 0.251 e. The maximum absolute atomic E-state index is 12.5. The molecular weight excluding hydrogens is 422 g/mol. The molecule has 2 aromatic heterocycles. The zero-order chi connectivity index (χ0) is 22.3. The second kappa shape index (κ2) is 10.7. The highest BCUT2D eigenvalue weighted by atomic mass is 32.2. The number of carbonyl (C=O) groups is 1. The summed E-state index contributed by atoms with van der Waals surface area (Å²) in [6, 6.07) is 13.4. The number of furan rings is 1. The van der Waals surface area contributed by atoms with Crippen LogP contribution in [0.3, 0.4) is 0 Å². The number of thioether (sulfide) groups is 1. The SMILES string of the molecule is CCN1CCN(c2cc(C)nc(SCc3cccc(C(=O)NCc4ccco4)c3)n2)CC1. The average molecular weight is 452 g/mol. The van der Waals surface area contributed by atoms with E-state index in [0.717, 1.165) is 60.7 Å². The van der Waals surface area contributed by atoms with Crippen molar-refractivity contribution in [3.05, 3.63) is 71.3 Å². The van der Waals surface area contributed by atoms with Crippen LogP contribution >= 0.6 is 11.8 Å². The van der Waals surface area contributed by atoms with Crippen LogP contribution in [0.2, 0.25) is 0 Å².